The SMILES string of the molecule is C[C@]12CC[C@@H]3c4ccc(OC(=O)c5ccccc5)cc4CC[C@H]3[C@@]1(Cc1ccon1)CCC2=O. The van der Waals surface area contributed by atoms with Crippen LogP contribution in [0.3, 0.4) is 0 Å². The molecule has 2 saturated carbocycles. The molecule has 3 aliphatic carbocycles. The maximum atomic E-state index is 13.2. The summed E-state index contributed by atoms with van der Waals surface area (Å²) >= 11 is 0. The molecule has 0 aliphatic heterocycles. The third-order valence-electron chi connectivity index (χ3n) is 9.11. The number of esters is 1. The zero-order chi connectivity index (χ0) is 23.3. The predicted octanol–water partition coefficient (Wildman–Crippen LogP) is 5.93. The zero-order valence-electron chi connectivity index (χ0n) is 19.5. The molecule has 0 radical (unpaired) electrons. The summed E-state index contributed by atoms with van der Waals surface area (Å²) in [6.07, 6.45) is 7.92. The maximum Gasteiger partial charge on any atom is 0.343 e. The van der Waals surface area contributed by atoms with Gasteiger partial charge in [-0.3, -0.25) is 4.79 Å². The first-order valence-corrected chi connectivity index (χ1v) is 12.3. The van der Waals surface area contributed by atoms with Crippen LogP contribution in [-0.2, 0) is 17.6 Å². The Balaban J connectivity index is 1.31. The first-order chi connectivity index (χ1) is 16.5. The monoisotopic (exact) mass is 455 g/mol. The number of benzene rings is 2. The van der Waals surface area contributed by atoms with Crippen LogP contribution in [0.25, 0.3) is 0 Å². The molecule has 3 aromatic rings. The van der Waals surface area contributed by atoms with Crippen LogP contribution < -0.4 is 4.74 Å². The molecule has 6 rings (SSSR count). The maximum absolute atomic E-state index is 13.2. The smallest absolute Gasteiger partial charge is 0.343 e. The van der Waals surface area contributed by atoms with Crippen molar-refractivity contribution in [2.45, 2.75) is 57.8 Å². The molecular formula is C29H29NO4. The van der Waals surface area contributed by atoms with Crippen LogP contribution in [0.15, 0.2) is 65.4 Å². The molecule has 1 heterocycles. The van der Waals surface area contributed by atoms with Crippen molar-refractivity contribution in [3.63, 3.8) is 0 Å². The van der Waals surface area contributed by atoms with Gasteiger partial charge in [0.1, 0.15) is 17.8 Å². The van der Waals surface area contributed by atoms with Crippen molar-refractivity contribution in [1.29, 1.82) is 0 Å². The highest BCUT2D eigenvalue weighted by Gasteiger charge is 2.64. The Morgan fingerprint density at radius 3 is 2.74 bits per heavy atom. The molecule has 5 heteroatoms. The third-order valence-corrected chi connectivity index (χ3v) is 9.11. The number of rotatable bonds is 4. The highest BCUT2D eigenvalue weighted by atomic mass is 16.5. The fourth-order valence-corrected chi connectivity index (χ4v) is 7.37. The number of carbonyl (C=O) groups excluding carboxylic acids is 2. The van der Waals surface area contributed by atoms with Crippen molar-refractivity contribution in [2.24, 2.45) is 16.7 Å². The van der Waals surface area contributed by atoms with Crippen LogP contribution in [0.1, 0.15) is 72.1 Å². The van der Waals surface area contributed by atoms with Crippen molar-refractivity contribution in [1.82, 2.24) is 5.16 Å². The van der Waals surface area contributed by atoms with Gasteiger partial charge in [0.15, 0.2) is 0 Å². The molecule has 2 fully saturated rings. The molecule has 4 atom stereocenters. The largest absolute Gasteiger partial charge is 0.423 e. The van der Waals surface area contributed by atoms with Crippen LogP contribution in [0, 0.1) is 16.7 Å². The van der Waals surface area contributed by atoms with E-state index in [0.29, 0.717) is 35.4 Å². The standard InChI is InChI=1S/C29H29NO4/c1-28-14-11-24-23-9-8-22(34-27(32)19-5-3-2-4-6-19)17-20(23)7-10-25(24)29(28,15-12-26(28)31)18-21-13-16-33-30-21/h2-6,8-9,13,16-17,24-25H,7,10-12,14-15,18H2,1H3/t24-,25-,28-,29+/m1/s1. The van der Waals surface area contributed by atoms with Crippen molar-refractivity contribution >= 4 is 11.8 Å². The molecular weight excluding hydrogens is 426 g/mol. The van der Waals surface area contributed by atoms with Crippen LogP contribution >= 0.6 is 0 Å². The molecule has 0 spiro atoms. The highest BCUT2D eigenvalue weighted by molar-refractivity contribution is 5.91. The topological polar surface area (TPSA) is 69.4 Å². The number of aryl methyl sites for hydroxylation is 1. The summed E-state index contributed by atoms with van der Waals surface area (Å²) in [5, 5.41) is 4.23. The van der Waals surface area contributed by atoms with Gasteiger partial charge in [0.25, 0.3) is 0 Å². The van der Waals surface area contributed by atoms with E-state index in [4.69, 9.17) is 9.26 Å². The number of carbonyl (C=O) groups is 2. The minimum atomic E-state index is -0.335. The van der Waals surface area contributed by atoms with E-state index in [2.05, 4.69) is 18.1 Å². The summed E-state index contributed by atoms with van der Waals surface area (Å²) in [6, 6.07) is 17.2. The fraction of sp³-hybridized carbons (Fsp3) is 0.414. The Labute approximate surface area is 199 Å². The lowest BCUT2D eigenvalue weighted by Crippen LogP contribution is -2.52. The number of nitrogens with zero attached hydrogens (tertiary/aromatic N) is 1. The molecule has 0 unspecified atom stereocenters. The fourth-order valence-electron chi connectivity index (χ4n) is 7.37. The number of ether oxygens (including phenoxy) is 1. The van der Waals surface area contributed by atoms with E-state index in [1.54, 1.807) is 18.4 Å². The van der Waals surface area contributed by atoms with Gasteiger partial charge < -0.3 is 9.26 Å². The Morgan fingerprint density at radius 2 is 1.94 bits per heavy atom. The molecule has 0 amide bonds. The Morgan fingerprint density at radius 1 is 1.09 bits per heavy atom. The van der Waals surface area contributed by atoms with Crippen molar-refractivity contribution in [2.75, 3.05) is 0 Å². The number of hydrogen-bond acceptors (Lipinski definition) is 5. The summed E-state index contributed by atoms with van der Waals surface area (Å²) in [5.41, 5.74) is 3.75. The molecule has 34 heavy (non-hydrogen) atoms. The molecule has 0 bridgehead atoms. The van der Waals surface area contributed by atoms with E-state index in [0.717, 1.165) is 44.2 Å². The second-order valence-corrected chi connectivity index (χ2v) is 10.5. The molecule has 3 aliphatic rings. The number of hydrogen-bond donors (Lipinski definition) is 0. The van der Waals surface area contributed by atoms with Crippen LogP contribution in [0.5, 0.6) is 5.75 Å². The lowest BCUT2D eigenvalue weighted by atomic mass is 9.46. The van der Waals surface area contributed by atoms with Crippen LogP contribution in [0.2, 0.25) is 0 Å². The second-order valence-electron chi connectivity index (χ2n) is 10.5. The molecule has 0 N–H and O–H groups in total. The van der Waals surface area contributed by atoms with Gasteiger partial charge in [-0.15, -0.1) is 0 Å². The molecule has 2 aromatic carbocycles. The Kier molecular flexibility index (Phi) is 4.98. The first kappa shape index (κ1) is 21.3. The van der Waals surface area contributed by atoms with Gasteiger partial charge >= 0.3 is 5.97 Å². The molecule has 5 nitrogen and oxygen atoms in total. The highest BCUT2D eigenvalue weighted by Crippen LogP contribution is 2.67. The van der Waals surface area contributed by atoms with Gasteiger partial charge in [-0.05, 0) is 84.7 Å². The molecule has 0 saturated heterocycles. The van der Waals surface area contributed by atoms with E-state index in [1.807, 2.05) is 36.4 Å². The van der Waals surface area contributed by atoms with Crippen molar-refractivity contribution in [3.05, 3.63) is 83.2 Å². The van der Waals surface area contributed by atoms with Gasteiger partial charge in [-0.25, -0.2) is 4.79 Å². The predicted molar refractivity (Wildman–Crippen MR) is 127 cm³/mol. The quantitative estimate of drug-likeness (QED) is 0.360. The third kappa shape index (κ3) is 3.17. The van der Waals surface area contributed by atoms with E-state index in [-0.39, 0.29) is 16.8 Å². The average molecular weight is 456 g/mol. The summed E-state index contributed by atoms with van der Waals surface area (Å²) in [7, 11) is 0. The van der Waals surface area contributed by atoms with Gasteiger partial charge in [0.2, 0.25) is 0 Å². The molecule has 174 valence electrons. The lowest BCUT2D eigenvalue weighted by Gasteiger charge is -2.56. The van der Waals surface area contributed by atoms with Gasteiger partial charge in [-0.2, -0.15) is 0 Å². The lowest BCUT2D eigenvalue weighted by molar-refractivity contribution is -0.136. The minimum absolute atomic E-state index is 0.0833. The Bertz CT molecular complexity index is 1230. The van der Waals surface area contributed by atoms with E-state index in [1.165, 1.54) is 11.1 Å². The minimum Gasteiger partial charge on any atom is -0.423 e. The van der Waals surface area contributed by atoms with Crippen LogP contribution in [0.4, 0.5) is 0 Å². The summed E-state index contributed by atoms with van der Waals surface area (Å²) in [5.74, 6) is 1.52. The summed E-state index contributed by atoms with van der Waals surface area (Å²) in [6.45, 7) is 2.21. The van der Waals surface area contributed by atoms with E-state index >= 15 is 0 Å². The van der Waals surface area contributed by atoms with Crippen molar-refractivity contribution < 1.29 is 18.8 Å². The number of Topliss-reactive ketones (excluding diaryl/α,β-unsaturated/α-hetero) is 1. The van der Waals surface area contributed by atoms with Gasteiger partial charge in [0.05, 0.1) is 11.3 Å². The summed E-state index contributed by atoms with van der Waals surface area (Å²) in [4.78, 5) is 25.7. The van der Waals surface area contributed by atoms with Crippen molar-refractivity contribution in [3.8, 4) is 5.75 Å². The van der Waals surface area contributed by atoms with Gasteiger partial charge in [0, 0.05) is 24.3 Å². The average Bonchev–Trinajstić information content (AvgIpc) is 3.46. The Hall–Kier alpha value is -3.21. The zero-order valence-corrected chi connectivity index (χ0v) is 19.5. The summed E-state index contributed by atoms with van der Waals surface area (Å²) < 4.78 is 10.8. The van der Waals surface area contributed by atoms with Crippen LogP contribution in [-0.4, -0.2) is 16.9 Å². The normalized spacial score (nSPS) is 29.7. The molecule has 1 aromatic heterocycles. The van der Waals surface area contributed by atoms with Gasteiger partial charge in [-0.1, -0.05) is 36.3 Å². The second kappa shape index (κ2) is 7.93. The van der Waals surface area contributed by atoms with E-state index < -0.39 is 0 Å². The first-order valence-electron chi connectivity index (χ1n) is 12.3. The van der Waals surface area contributed by atoms with E-state index in [9.17, 15) is 9.59 Å². The number of fused-ring (bicyclic) bond motifs is 5. The number of aromatic nitrogens is 1. The number of ketones is 1.